The van der Waals surface area contributed by atoms with E-state index in [9.17, 15) is 0 Å². The molecule has 0 spiro atoms. The van der Waals surface area contributed by atoms with Crippen molar-refractivity contribution in [1.82, 2.24) is 4.98 Å². The van der Waals surface area contributed by atoms with E-state index in [0.717, 1.165) is 20.9 Å². The molecule has 0 bridgehead atoms. The first-order valence-electron chi connectivity index (χ1n) is 3.28. The predicted molar refractivity (Wildman–Crippen MR) is 49.4 cm³/mol. The lowest BCUT2D eigenvalue weighted by Gasteiger charge is -1.94. The Morgan fingerprint density at radius 3 is 3.18 bits per heavy atom. The summed E-state index contributed by atoms with van der Waals surface area (Å²) in [6, 6.07) is 3.88. The molecule has 2 aromatic heterocycles. The maximum absolute atomic E-state index is 5.97. The minimum Gasteiger partial charge on any atom is -0.242 e. The Bertz CT molecular complexity index is 394. The molecule has 0 aliphatic carbocycles. The topological polar surface area (TPSA) is 12.9 Å². The van der Waals surface area contributed by atoms with E-state index in [0.29, 0.717) is 0 Å². The molecule has 0 atom stereocenters. The van der Waals surface area contributed by atoms with Crippen molar-refractivity contribution in [2.45, 2.75) is 6.92 Å². The second-order valence-electron chi connectivity index (χ2n) is 2.38. The number of hydrogen-bond acceptors (Lipinski definition) is 2. The highest BCUT2D eigenvalue weighted by molar-refractivity contribution is 7.16. The van der Waals surface area contributed by atoms with Crippen LogP contribution in [0.15, 0.2) is 17.5 Å². The third-order valence-electron chi connectivity index (χ3n) is 1.52. The van der Waals surface area contributed by atoms with Crippen LogP contribution in [0.4, 0.5) is 0 Å². The summed E-state index contributed by atoms with van der Waals surface area (Å²) in [5.74, 6) is 0. The molecule has 0 unspecified atom stereocenters. The van der Waals surface area contributed by atoms with Gasteiger partial charge in [0.05, 0.1) is 5.02 Å². The van der Waals surface area contributed by atoms with Gasteiger partial charge in [-0.25, -0.2) is 4.98 Å². The number of aromatic nitrogens is 1. The van der Waals surface area contributed by atoms with Crippen LogP contribution in [-0.4, -0.2) is 4.98 Å². The molecule has 0 saturated heterocycles. The molecule has 56 valence electrons. The zero-order chi connectivity index (χ0) is 7.84. The Kier molecular flexibility index (Phi) is 1.59. The van der Waals surface area contributed by atoms with Crippen LogP contribution < -0.4 is 0 Å². The van der Waals surface area contributed by atoms with Gasteiger partial charge in [-0.1, -0.05) is 11.6 Å². The van der Waals surface area contributed by atoms with E-state index >= 15 is 0 Å². The smallest absolute Gasteiger partial charge is 0.125 e. The van der Waals surface area contributed by atoms with Gasteiger partial charge in [0.2, 0.25) is 0 Å². The minimum absolute atomic E-state index is 0.800. The highest BCUT2D eigenvalue weighted by atomic mass is 35.5. The molecule has 0 saturated carbocycles. The molecule has 3 heteroatoms. The van der Waals surface area contributed by atoms with Crippen LogP contribution in [0.1, 0.15) is 5.69 Å². The summed E-state index contributed by atoms with van der Waals surface area (Å²) in [6.45, 7) is 1.95. The quantitative estimate of drug-likeness (QED) is 0.611. The van der Waals surface area contributed by atoms with Crippen molar-refractivity contribution in [3.63, 3.8) is 0 Å². The van der Waals surface area contributed by atoms with E-state index in [-0.39, 0.29) is 0 Å². The molecule has 2 heterocycles. The van der Waals surface area contributed by atoms with Gasteiger partial charge in [-0.15, -0.1) is 11.3 Å². The number of hydrogen-bond donors (Lipinski definition) is 0. The number of nitrogens with zero attached hydrogens (tertiary/aromatic N) is 1. The Morgan fingerprint density at radius 1 is 1.55 bits per heavy atom. The van der Waals surface area contributed by atoms with Crippen molar-refractivity contribution in [2.75, 3.05) is 0 Å². The highest BCUT2D eigenvalue weighted by Gasteiger charge is 2.01. The fraction of sp³-hybridized carbons (Fsp3) is 0.125. The Balaban J connectivity index is 2.91. The Morgan fingerprint density at radius 2 is 2.36 bits per heavy atom. The molecule has 0 aliphatic rings. The first-order chi connectivity index (χ1) is 5.27. The van der Waals surface area contributed by atoms with Crippen LogP contribution in [0.2, 0.25) is 5.02 Å². The van der Waals surface area contributed by atoms with Crippen LogP contribution in [-0.2, 0) is 0 Å². The van der Waals surface area contributed by atoms with Crippen molar-refractivity contribution < 1.29 is 0 Å². The first-order valence-corrected chi connectivity index (χ1v) is 4.53. The molecule has 0 radical (unpaired) electrons. The Hall–Kier alpha value is -0.600. The number of halogens is 1. The molecule has 2 rings (SSSR count). The van der Waals surface area contributed by atoms with Gasteiger partial charge in [0.15, 0.2) is 0 Å². The number of pyridine rings is 1. The lowest BCUT2D eigenvalue weighted by molar-refractivity contribution is 1.27. The van der Waals surface area contributed by atoms with Gasteiger partial charge >= 0.3 is 0 Å². The number of rotatable bonds is 0. The SMILES string of the molecule is Cc1cc(Cl)c2ccsc2n1. The van der Waals surface area contributed by atoms with Gasteiger partial charge in [0, 0.05) is 11.1 Å². The first kappa shape index (κ1) is 7.07. The molecule has 0 N–H and O–H groups in total. The largest absolute Gasteiger partial charge is 0.242 e. The van der Waals surface area contributed by atoms with Gasteiger partial charge in [-0.2, -0.15) is 0 Å². The molecule has 0 fully saturated rings. The van der Waals surface area contributed by atoms with Crippen LogP contribution in [0.3, 0.4) is 0 Å². The van der Waals surface area contributed by atoms with Gasteiger partial charge in [0.25, 0.3) is 0 Å². The van der Waals surface area contributed by atoms with E-state index < -0.39 is 0 Å². The molecule has 0 aromatic carbocycles. The number of fused-ring (bicyclic) bond motifs is 1. The maximum Gasteiger partial charge on any atom is 0.125 e. The van der Waals surface area contributed by atoms with E-state index in [2.05, 4.69) is 4.98 Å². The van der Waals surface area contributed by atoms with Gasteiger partial charge in [0.1, 0.15) is 4.83 Å². The zero-order valence-corrected chi connectivity index (χ0v) is 7.54. The molecular weight excluding hydrogens is 178 g/mol. The van der Waals surface area contributed by atoms with Gasteiger partial charge in [-0.05, 0) is 24.4 Å². The predicted octanol–water partition coefficient (Wildman–Crippen LogP) is 3.26. The summed E-state index contributed by atoms with van der Waals surface area (Å²) in [7, 11) is 0. The van der Waals surface area contributed by atoms with E-state index in [4.69, 9.17) is 11.6 Å². The van der Waals surface area contributed by atoms with Crippen molar-refractivity contribution in [3.05, 3.63) is 28.2 Å². The molecule has 0 aliphatic heterocycles. The number of thiophene rings is 1. The summed E-state index contributed by atoms with van der Waals surface area (Å²) in [5.41, 5.74) is 0.977. The van der Waals surface area contributed by atoms with E-state index in [1.54, 1.807) is 11.3 Å². The monoisotopic (exact) mass is 183 g/mol. The van der Waals surface area contributed by atoms with Crippen molar-refractivity contribution in [1.29, 1.82) is 0 Å². The second kappa shape index (κ2) is 2.47. The number of aryl methyl sites for hydroxylation is 1. The fourth-order valence-corrected chi connectivity index (χ4v) is 2.22. The van der Waals surface area contributed by atoms with Gasteiger partial charge in [-0.3, -0.25) is 0 Å². The molecular formula is C8H6ClNS. The minimum atomic E-state index is 0.800. The average molecular weight is 184 g/mol. The van der Waals surface area contributed by atoms with Crippen LogP contribution >= 0.6 is 22.9 Å². The Labute approximate surface area is 73.6 Å². The van der Waals surface area contributed by atoms with Crippen molar-refractivity contribution in [2.24, 2.45) is 0 Å². The summed E-state index contributed by atoms with van der Waals surface area (Å²) in [6.07, 6.45) is 0. The van der Waals surface area contributed by atoms with Crippen LogP contribution in [0.5, 0.6) is 0 Å². The summed E-state index contributed by atoms with van der Waals surface area (Å²) >= 11 is 7.59. The molecule has 2 aromatic rings. The standard InChI is InChI=1S/C8H6ClNS/c1-5-4-7(9)6-2-3-11-8(6)10-5/h2-4H,1H3. The lowest BCUT2D eigenvalue weighted by Crippen LogP contribution is -1.78. The highest BCUT2D eigenvalue weighted by Crippen LogP contribution is 2.26. The molecule has 11 heavy (non-hydrogen) atoms. The third kappa shape index (κ3) is 1.12. The maximum atomic E-state index is 5.97. The summed E-state index contributed by atoms with van der Waals surface area (Å²) in [5, 5.41) is 3.86. The molecule has 1 nitrogen and oxygen atoms in total. The zero-order valence-electron chi connectivity index (χ0n) is 5.97. The van der Waals surface area contributed by atoms with E-state index in [1.165, 1.54) is 0 Å². The third-order valence-corrected chi connectivity index (χ3v) is 2.63. The second-order valence-corrected chi connectivity index (χ2v) is 3.69. The van der Waals surface area contributed by atoms with Crippen LogP contribution in [0.25, 0.3) is 10.2 Å². The summed E-state index contributed by atoms with van der Waals surface area (Å²) < 4.78 is 0. The molecule has 0 amide bonds. The summed E-state index contributed by atoms with van der Waals surface area (Å²) in [4.78, 5) is 5.35. The lowest BCUT2D eigenvalue weighted by atomic mass is 10.3. The average Bonchev–Trinajstić information content (AvgIpc) is 2.34. The van der Waals surface area contributed by atoms with Crippen molar-refractivity contribution in [3.8, 4) is 0 Å². The normalized spacial score (nSPS) is 10.7. The van der Waals surface area contributed by atoms with E-state index in [1.807, 2.05) is 24.4 Å². The fourth-order valence-electron chi connectivity index (χ4n) is 1.02. The van der Waals surface area contributed by atoms with Crippen molar-refractivity contribution >= 4 is 33.2 Å². The van der Waals surface area contributed by atoms with Gasteiger partial charge < -0.3 is 0 Å². The van der Waals surface area contributed by atoms with Crippen LogP contribution in [0, 0.1) is 6.92 Å².